The van der Waals surface area contributed by atoms with Crippen molar-refractivity contribution in [3.05, 3.63) is 35.2 Å². The van der Waals surface area contributed by atoms with Gasteiger partial charge in [0, 0.05) is 31.6 Å². The quantitative estimate of drug-likeness (QED) is 0.905. The molecule has 1 saturated heterocycles. The van der Waals surface area contributed by atoms with Crippen LogP contribution >= 0.6 is 11.6 Å². The number of halogens is 1. The van der Waals surface area contributed by atoms with Crippen LogP contribution in [0.3, 0.4) is 0 Å². The Morgan fingerprint density at radius 1 is 1.47 bits per heavy atom. The highest BCUT2D eigenvalue weighted by Crippen LogP contribution is 2.12. The maximum atomic E-state index is 5.93. The van der Waals surface area contributed by atoms with Gasteiger partial charge in [-0.1, -0.05) is 11.6 Å². The van der Waals surface area contributed by atoms with Gasteiger partial charge in [0.15, 0.2) is 0 Å². The summed E-state index contributed by atoms with van der Waals surface area (Å²) in [6.45, 7) is 2.44. The van der Waals surface area contributed by atoms with E-state index in [9.17, 15) is 0 Å². The van der Waals surface area contributed by atoms with Crippen LogP contribution in [0.25, 0.3) is 5.65 Å². The number of fused-ring (bicyclic) bond motifs is 1. The van der Waals surface area contributed by atoms with Crippen molar-refractivity contribution in [2.45, 2.75) is 19.0 Å². The third-order valence-corrected chi connectivity index (χ3v) is 3.19. The lowest BCUT2D eigenvalue weighted by atomic mass is 10.2. The molecule has 0 aromatic carbocycles. The summed E-state index contributed by atoms with van der Waals surface area (Å²) in [5.74, 6) is 0. The number of hydrogen-bond donors (Lipinski definition) is 1. The third kappa shape index (κ3) is 2.44. The van der Waals surface area contributed by atoms with Gasteiger partial charge in [-0.15, -0.1) is 0 Å². The molecule has 0 radical (unpaired) electrons. The van der Waals surface area contributed by atoms with Crippen molar-refractivity contribution in [3.8, 4) is 0 Å². The predicted molar refractivity (Wildman–Crippen MR) is 66.3 cm³/mol. The molecule has 2 aromatic rings. The summed E-state index contributed by atoms with van der Waals surface area (Å²) in [5, 5.41) is 4.16. The molecule has 0 aliphatic carbocycles. The highest BCUT2D eigenvalue weighted by Gasteiger charge is 2.14. The number of hydrogen-bond acceptors (Lipinski definition) is 3. The standard InChI is InChI=1S/C12H14ClN3O/c13-9-1-2-12-15-11(7-16(12)6-9)5-14-10-3-4-17-8-10/h1-2,6-7,10,14H,3-5,8H2. The summed E-state index contributed by atoms with van der Waals surface area (Å²) >= 11 is 5.93. The van der Waals surface area contributed by atoms with E-state index in [1.165, 1.54) is 0 Å². The first kappa shape index (κ1) is 11.0. The molecule has 90 valence electrons. The van der Waals surface area contributed by atoms with Gasteiger partial charge in [-0.05, 0) is 18.6 Å². The van der Waals surface area contributed by atoms with Gasteiger partial charge < -0.3 is 14.5 Å². The molecular formula is C12H14ClN3O. The second-order valence-electron chi connectivity index (χ2n) is 4.29. The van der Waals surface area contributed by atoms with Crippen LogP contribution in [0.2, 0.25) is 5.02 Å². The molecule has 1 N–H and O–H groups in total. The van der Waals surface area contributed by atoms with Crippen molar-refractivity contribution in [3.63, 3.8) is 0 Å². The van der Waals surface area contributed by atoms with Gasteiger partial charge in [0.05, 0.1) is 17.3 Å². The zero-order valence-corrected chi connectivity index (χ0v) is 10.2. The van der Waals surface area contributed by atoms with Gasteiger partial charge in [-0.3, -0.25) is 0 Å². The first-order valence-corrected chi connectivity index (χ1v) is 6.13. The van der Waals surface area contributed by atoms with Crippen molar-refractivity contribution in [1.29, 1.82) is 0 Å². The number of nitrogens with zero attached hydrogens (tertiary/aromatic N) is 2. The Morgan fingerprint density at radius 3 is 3.24 bits per heavy atom. The van der Waals surface area contributed by atoms with E-state index in [0.717, 1.165) is 42.5 Å². The van der Waals surface area contributed by atoms with E-state index in [2.05, 4.69) is 10.3 Å². The van der Waals surface area contributed by atoms with Gasteiger partial charge in [0.25, 0.3) is 0 Å². The molecule has 1 atom stereocenters. The van der Waals surface area contributed by atoms with Crippen LogP contribution < -0.4 is 5.32 Å². The van der Waals surface area contributed by atoms with Crippen molar-refractivity contribution in [2.75, 3.05) is 13.2 Å². The Bertz CT molecular complexity index is 519. The molecule has 3 heterocycles. The molecule has 0 amide bonds. The van der Waals surface area contributed by atoms with Gasteiger partial charge in [0.1, 0.15) is 5.65 Å². The molecule has 3 rings (SSSR count). The molecule has 0 bridgehead atoms. The Morgan fingerprint density at radius 2 is 2.41 bits per heavy atom. The van der Waals surface area contributed by atoms with E-state index in [1.54, 1.807) is 0 Å². The first-order valence-electron chi connectivity index (χ1n) is 5.75. The molecule has 0 saturated carbocycles. The zero-order valence-electron chi connectivity index (χ0n) is 9.40. The summed E-state index contributed by atoms with van der Waals surface area (Å²) in [7, 11) is 0. The van der Waals surface area contributed by atoms with Gasteiger partial charge in [-0.2, -0.15) is 0 Å². The lowest BCUT2D eigenvalue weighted by molar-refractivity contribution is 0.189. The maximum absolute atomic E-state index is 5.93. The van der Waals surface area contributed by atoms with Gasteiger partial charge >= 0.3 is 0 Å². The minimum Gasteiger partial charge on any atom is -0.380 e. The van der Waals surface area contributed by atoms with Crippen molar-refractivity contribution >= 4 is 17.2 Å². The highest BCUT2D eigenvalue weighted by atomic mass is 35.5. The van der Waals surface area contributed by atoms with E-state index in [-0.39, 0.29) is 0 Å². The van der Waals surface area contributed by atoms with Crippen LogP contribution in [0.1, 0.15) is 12.1 Å². The monoisotopic (exact) mass is 251 g/mol. The minimum absolute atomic E-state index is 0.461. The lowest BCUT2D eigenvalue weighted by Crippen LogP contribution is -2.28. The van der Waals surface area contributed by atoms with E-state index in [4.69, 9.17) is 16.3 Å². The highest BCUT2D eigenvalue weighted by molar-refractivity contribution is 6.30. The number of aromatic nitrogens is 2. The average molecular weight is 252 g/mol. The van der Waals surface area contributed by atoms with Crippen LogP contribution in [0.4, 0.5) is 0 Å². The number of ether oxygens (including phenoxy) is 1. The molecular weight excluding hydrogens is 238 g/mol. The van der Waals surface area contributed by atoms with Crippen LogP contribution in [0.15, 0.2) is 24.5 Å². The smallest absolute Gasteiger partial charge is 0.137 e. The Hall–Kier alpha value is -1.10. The Labute approximate surface area is 105 Å². The predicted octanol–water partition coefficient (Wildman–Crippen LogP) is 1.87. The summed E-state index contributed by atoms with van der Waals surface area (Å²) in [6, 6.07) is 4.24. The topological polar surface area (TPSA) is 38.6 Å². The fraction of sp³-hybridized carbons (Fsp3) is 0.417. The van der Waals surface area contributed by atoms with Gasteiger partial charge in [0.2, 0.25) is 0 Å². The SMILES string of the molecule is Clc1ccc2nc(CNC3CCOC3)cn2c1. The fourth-order valence-electron chi connectivity index (χ4n) is 2.05. The second kappa shape index (κ2) is 4.64. The summed E-state index contributed by atoms with van der Waals surface area (Å²) in [4.78, 5) is 4.52. The molecule has 1 fully saturated rings. The van der Waals surface area contributed by atoms with Crippen LogP contribution in [0, 0.1) is 0 Å². The molecule has 1 aliphatic rings. The lowest BCUT2D eigenvalue weighted by Gasteiger charge is -2.07. The summed E-state index contributed by atoms with van der Waals surface area (Å²) in [6.07, 6.45) is 4.95. The van der Waals surface area contributed by atoms with Crippen molar-refractivity contribution in [2.24, 2.45) is 0 Å². The van der Waals surface area contributed by atoms with Crippen LogP contribution in [-0.2, 0) is 11.3 Å². The van der Waals surface area contributed by atoms with E-state index in [0.29, 0.717) is 6.04 Å². The van der Waals surface area contributed by atoms with Crippen molar-refractivity contribution in [1.82, 2.24) is 14.7 Å². The fourth-order valence-corrected chi connectivity index (χ4v) is 2.21. The molecule has 1 aliphatic heterocycles. The Balaban J connectivity index is 1.72. The molecule has 0 spiro atoms. The van der Waals surface area contributed by atoms with E-state index >= 15 is 0 Å². The molecule has 1 unspecified atom stereocenters. The minimum atomic E-state index is 0.461. The molecule has 2 aromatic heterocycles. The normalized spacial score (nSPS) is 20.2. The molecule has 5 heteroatoms. The first-order chi connectivity index (χ1) is 8.31. The summed E-state index contributed by atoms with van der Waals surface area (Å²) < 4.78 is 7.26. The zero-order chi connectivity index (χ0) is 11.7. The number of nitrogens with one attached hydrogen (secondary N) is 1. The van der Waals surface area contributed by atoms with E-state index < -0.39 is 0 Å². The van der Waals surface area contributed by atoms with Crippen molar-refractivity contribution < 1.29 is 4.74 Å². The number of rotatable bonds is 3. The average Bonchev–Trinajstić information content (AvgIpc) is 2.94. The molecule has 17 heavy (non-hydrogen) atoms. The molecule has 4 nitrogen and oxygen atoms in total. The maximum Gasteiger partial charge on any atom is 0.137 e. The number of imidazole rings is 1. The van der Waals surface area contributed by atoms with Gasteiger partial charge in [-0.25, -0.2) is 4.98 Å². The Kier molecular flexibility index (Phi) is 3.01. The summed E-state index contributed by atoms with van der Waals surface area (Å²) in [5.41, 5.74) is 1.95. The number of pyridine rings is 1. The van der Waals surface area contributed by atoms with E-state index in [1.807, 2.05) is 28.9 Å². The van der Waals surface area contributed by atoms with Crippen LogP contribution in [0.5, 0.6) is 0 Å². The third-order valence-electron chi connectivity index (χ3n) is 2.97. The second-order valence-corrected chi connectivity index (χ2v) is 4.72. The largest absolute Gasteiger partial charge is 0.380 e. The van der Waals surface area contributed by atoms with Crippen LogP contribution in [-0.4, -0.2) is 28.6 Å².